The van der Waals surface area contributed by atoms with Gasteiger partial charge in [0.2, 0.25) is 0 Å². The van der Waals surface area contributed by atoms with Crippen molar-refractivity contribution in [3.8, 4) is 0 Å². The van der Waals surface area contributed by atoms with Gasteiger partial charge in [-0.3, -0.25) is 0 Å². The van der Waals surface area contributed by atoms with Gasteiger partial charge in [0.1, 0.15) is 0 Å². The van der Waals surface area contributed by atoms with Gasteiger partial charge in [-0.1, -0.05) is 24.3 Å². The minimum atomic E-state index is -0.371. The molecule has 6 heteroatoms. The second-order valence-electron chi connectivity index (χ2n) is 4.53. The first-order valence-electron chi connectivity index (χ1n) is 6.42. The lowest BCUT2D eigenvalue weighted by atomic mass is 10.0. The molecule has 0 amide bonds. The minimum absolute atomic E-state index is 0.371. The van der Waals surface area contributed by atoms with Crippen molar-refractivity contribution in [2.24, 2.45) is 10.3 Å². The highest BCUT2D eigenvalue weighted by Gasteiger charge is 2.12. The molecule has 0 aromatic heterocycles. The maximum Gasteiger partial charge on any atom is 0.258 e. The molecule has 18 heavy (non-hydrogen) atoms. The van der Waals surface area contributed by atoms with Crippen LogP contribution in [0.1, 0.15) is 24.0 Å². The molecule has 0 radical (unpaired) electrons. The van der Waals surface area contributed by atoms with Gasteiger partial charge in [-0.15, -0.1) is 10.3 Å². The molecule has 2 aliphatic heterocycles. The first-order valence-corrected chi connectivity index (χ1v) is 9.57. The Labute approximate surface area is 111 Å². The van der Waals surface area contributed by atoms with E-state index >= 15 is 0 Å². The fourth-order valence-corrected chi connectivity index (χ4v) is 3.91. The van der Waals surface area contributed by atoms with Crippen molar-refractivity contribution in [1.82, 2.24) is 0 Å². The molecule has 4 nitrogen and oxygen atoms in total. The molecule has 0 spiro atoms. The van der Waals surface area contributed by atoms with Crippen LogP contribution < -0.4 is 0 Å². The Bertz CT molecular complexity index is 440. The number of hydrogen-bond donors (Lipinski definition) is 0. The van der Waals surface area contributed by atoms with Gasteiger partial charge in [0.25, 0.3) is 19.5 Å². The van der Waals surface area contributed by atoms with Gasteiger partial charge in [0.15, 0.2) is 0 Å². The lowest BCUT2D eigenvalue weighted by Gasteiger charge is -2.14. The van der Waals surface area contributed by atoms with E-state index in [1.165, 1.54) is 23.2 Å². The van der Waals surface area contributed by atoms with E-state index in [1.807, 2.05) is 0 Å². The summed E-state index contributed by atoms with van der Waals surface area (Å²) < 4.78 is 10.5. The summed E-state index contributed by atoms with van der Waals surface area (Å²) in [6.07, 6.45) is 2.11. The Kier molecular flexibility index (Phi) is 3.56. The van der Waals surface area contributed by atoms with E-state index in [-0.39, 0.29) is 19.5 Å². The third-order valence-electron chi connectivity index (χ3n) is 3.20. The second kappa shape index (κ2) is 5.49. The number of rotatable bonds is 2. The highest BCUT2D eigenvalue weighted by atomic mass is 28.2. The van der Waals surface area contributed by atoms with Crippen LogP contribution in [0, 0.1) is 0 Å². The van der Waals surface area contributed by atoms with Crippen molar-refractivity contribution in [2.45, 2.75) is 24.9 Å². The van der Waals surface area contributed by atoms with E-state index < -0.39 is 0 Å². The third-order valence-corrected chi connectivity index (χ3v) is 5.11. The number of oxime groups is 2. The highest BCUT2D eigenvalue weighted by Crippen LogP contribution is 2.16. The minimum Gasteiger partial charge on any atom is -0.463 e. The Morgan fingerprint density at radius 3 is 1.56 bits per heavy atom. The number of hydrogen-bond acceptors (Lipinski definition) is 4. The normalized spacial score (nSPS) is 22.0. The summed E-state index contributed by atoms with van der Waals surface area (Å²) in [4.78, 5) is 0. The lowest BCUT2D eigenvalue weighted by Crippen LogP contribution is -2.12. The Hall–Kier alpha value is -1.41. The zero-order chi connectivity index (χ0) is 12.2. The van der Waals surface area contributed by atoms with Gasteiger partial charge < -0.3 is 9.05 Å². The molecule has 94 valence electrons. The molecule has 0 fully saturated rings. The van der Waals surface area contributed by atoms with Crippen LogP contribution in [0.25, 0.3) is 0 Å². The maximum absolute atomic E-state index is 5.27. The van der Waals surface area contributed by atoms with Crippen LogP contribution in [0.3, 0.4) is 0 Å². The number of benzene rings is 1. The topological polar surface area (TPSA) is 43.2 Å². The average molecular weight is 276 g/mol. The summed E-state index contributed by atoms with van der Waals surface area (Å²) in [6, 6.07) is 10.8. The zero-order valence-corrected chi connectivity index (χ0v) is 13.1. The van der Waals surface area contributed by atoms with E-state index in [2.05, 4.69) is 34.6 Å². The predicted molar refractivity (Wildman–Crippen MR) is 77.6 cm³/mol. The molecule has 0 saturated heterocycles. The van der Waals surface area contributed by atoms with Crippen LogP contribution in [-0.4, -0.2) is 30.9 Å². The average Bonchev–Trinajstić information content (AvgIpc) is 2.49. The molecule has 3 rings (SSSR count). The van der Waals surface area contributed by atoms with E-state index in [0.29, 0.717) is 0 Å². The van der Waals surface area contributed by atoms with Crippen LogP contribution in [-0.2, 0) is 9.05 Å². The van der Waals surface area contributed by atoms with E-state index in [0.717, 1.165) is 24.3 Å². The van der Waals surface area contributed by atoms with Crippen LogP contribution in [0.15, 0.2) is 34.6 Å². The van der Waals surface area contributed by atoms with Crippen molar-refractivity contribution in [3.63, 3.8) is 0 Å². The van der Waals surface area contributed by atoms with E-state index in [9.17, 15) is 0 Å². The van der Waals surface area contributed by atoms with Gasteiger partial charge in [0.05, 0.1) is 11.4 Å². The first kappa shape index (κ1) is 11.7. The lowest BCUT2D eigenvalue weighted by molar-refractivity contribution is 0.353. The molecule has 0 atom stereocenters. The van der Waals surface area contributed by atoms with E-state index in [1.54, 1.807) is 0 Å². The van der Waals surface area contributed by atoms with Gasteiger partial charge in [-0.2, -0.15) is 0 Å². The number of nitrogens with zero attached hydrogens (tertiary/aromatic N) is 2. The largest absolute Gasteiger partial charge is 0.463 e. The molecule has 0 aliphatic carbocycles. The standard InChI is InChI=1S/C12H16N2O2Si2/c1-2-10(12-6-8-18-16-14-12)4-3-9(1)11-5-7-17-15-13-11/h1-4H,5-8,17-18H2. The quantitative estimate of drug-likeness (QED) is 0.755. The first-order chi connectivity index (χ1) is 8.93. The van der Waals surface area contributed by atoms with Crippen molar-refractivity contribution in [2.75, 3.05) is 0 Å². The van der Waals surface area contributed by atoms with Crippen LogP contribution in [0.4, 0.5) is 0 Å². The summed E-state index contributed by atoms with van der Waals surface area (Å²) >= 11 is 0. The van der Waals surface area contributed by atoms with Crippen molar-refractivity contribution in [1.29, 1.82) is 0 Å². The fraction of sp³-hybridized carbons (Fsp3) is 0.333. The molecule has 0 saturated carbocycles. The van der Waals surface area contributed by atoms with Gasteiger partial charge in [-0.25, -0.2) is 0 Å². The van der Waals surface area contributed by atoms with Gasteiger partial charge in [0, 0.05) is 0 Å². The molecular formula is C12H16N2O2Si2. The van der Waals surface area contributed by atoms with Crippen molar-refractivity contribution < 1.29 is 9.05 Å². The Balaban J connectivity index is 1.80. The molecule has 2 aliphatic rings. The van der Waals surface area contributed by atoms with Crippen molar-refractivity contribution in [3.05, 3.63) is 35.4 Å². The Morgan fingerprint density at radius 2 is 1.22 bits per heavy atom. The molecule has 1 aromatic rings. The summed E-state index contributed by atoms with van der Waals surface area (Å²) in [6.45, 7) is 0. The SMILES string of the molecule is c1cc(C2=NO[SiH2]CC2)ccc1C1=NO[SiH2]CC1. The van der Waals surface area contributed by atoms with Crippen LogP contribution in [0.5, 0.6) is 0 Å². The monoisotopic (exact) mass is 276 g/mol. The zero-order valence-electron chi connectivity index (χ0n) is 10.3. The molecule has 2 heterocycles. The van der Waals surface area contributed by atoms with Crippen LogP contribution in [0.2, 0.25) is 12.1 Å². The maximum atomic E-state index is 5.27. The van der Waals surface area contributed by atoms with Crippen molar-refractivity contribution >= 4 is 30.9 Å². The third kappa shape index (κ3) is 2.54. The van der Waals surface area contributed by atoms with Gasteiger partial charge in [-0.05, 0) is 36.1 Å². The second-order valence-corrected chi connectivity index (χ2v) is 7.27. The molecular weight excluding hydrogens is 260 g/mol. The summed E-state index contributed by atoms with van der Waals surface area (Å²) in [5.74, 6) is 0. The Morgan fingerprint density at radius 1 is 0.778 bits per heavy atom. The van der Waals surface area contributed by atoms with Gasteiger partial charge >= 0.3 is 0 Å². The smallest absolute Gasteiger partial charge is 0.258 e. The molecule has 0 bridgehead atoms. The molecule has 0 unspecified atom stereocenters. The highest BCUT2D eigenvalue weighted by molar-refractivity contribution is 6.30. The van der Waals surface area contributed by atoms with E-state index in [4.69, 9.17) is 9.05 Å². The summed E-state index contributed by atoms with van der Waals surface area (Å²) in [5, 5.41) is 8.34. The molecule has 1 aromatic carbocycles. The summed E-state index contributed by atoms with van der Waals surface area (Å²) in [7, 11) is -0.742. The predicted octanol–water partition coefficient (Wildman–Crippen LogP) is 0.940. The van der Waals surface area contributed by atoms with Crippen LogP contribution >= 0.6 is 0 Å². The molecule has 0 N–H and O–H groups in total. The fourth-order valence-electron chi connectivity index (χ4n) is 2.20. The summed E-state index contributed by atoms with van der Waals surface area (Å²) in [5.41, 5.74) is 4.49.